The monoisotopic (exact) mass is 363 g/mol. The van der Waals surface area contributed by atoms with E-state index in [4.69, 9.17) is 13.6 Å². The van der Waals surface area contributed by atoms with E-state index in [9.17, 15) is 9.59 Å². The molecule has 4 rings (SSSR count). The van der Waals surface area contributed by atoms with Crippen molar-refractivity contribution in [3.63, 3.8) is 0 Å². The van der Waals surface area contributed by atoms with E-state index in [0.29, 0.717) is 46.4 Å². The van der Waals surface area contributed by atoms with Crippen molar-refractivity contribution in [2.45, 2.75) is 26.4 Å². The Hall–Kier alpha value is -3.41. The summed E-state index contributed by atoms with van der Waals surface area (Å²) in [5, 5.41) is 0.666. The first-order valence-corrected chi connectivity index (χ1v) is 8.72. The third-order valence-electron chi connectivity index (χ3n) is 4.20. The number of aromatic nitrogens is 1. The third kappa shape index (κ3) is 3.46. The van der Waals surface area contributed by atoms with Crippen LogP contribution < -0.4 is 5.63 Å². The van der Waals surface area contributed by atoms with Crippen LogP contribution in [0.3, 0.4) is 0 Å². The zero-order valence-corrected chi connectivity index (χ0v) is 14.7. The molecule has 0 fully saturated rings. The highest BCUT2D eigenvalue weighted by molar-refractivity contribution is 5.93. The number of rotatable bonds is 5. The van der Waals surface area contributed by atoms with Gasteiger partial charge in [0.05, 0.1) is 0 Å². The summed E-state index contributed by atoms with van der Waals surface area (Å²) in [5.41, 5.74) is 2.45. The van der Waals surface area contributed by atoms with Crippen molar-refractivity contribution < 1.29 is 18.4 Å². The van der Waals surface area contributed by atoms with Crippen LogP contribution in [0.15, 0.2) is 62.2 Å². The lowest BCUT2D eigenvalue weighted by atomic mass is 10.1. The maximum absolute atomic E-state index is 11.9. The number of hydrogen-bond acceptors (Lipinski definition) is 6. The summed E-state index contributed by atoms with van der Waals surface area (Å²) in [5.74, 6) is 0.187. The molecule has 0 saturated heterocycles. The van der Waals surface area contributed by atoms with Crippen molar-refractivity contribution in [3.05, 3.63) is 64.5 Å². The molecule has 27 heavy (non-hydrogen) atoms. The van der Waals surface area contributed by atoms with Crippen molar-refractivity contribution in [2.24, 2.45) is 0 Å². The summed E-state index contributed by atoms with van der Waals surface area (Å²) in [6.07, 6.45) is 1.05. The minimum absolute atomic E-state index is 0.00976. The Bertz CT molecular complexity index is 1170. The molecule has 0 unspecified atom stereocenters. The second kappa shape index (κ2) is 7.07. The molecule has 2 heterocycles. The summed E-state index contributed by atoms with van der Waals surface area (Å²) in [6, 6.07) is 14.3. The zero-order valence-electron chi connectivity index (χ0n) is 14.7. The van der Waals surface area contributed by atoms with Gasteiger partial charge in [0.15, 0.2) is 5.58 Å². The Morgan fingerprint density at radius 3 is 2.67 bits per heavy atom. The number of carbonyl (C=O) groups is 1. The lowest BCUT2D eigenvalue weighted by Gasteiger charge is -2.06. The Labute approximate surface area is 154 Å². The van der Waals surface area contributed by atoms with E-state index in [-0.39, 0.29) is 12.6 Å². The fourth-order valence-electron chi connectivity index (χ4n) is 2.91. The van der Waals surface area contributed by atoms with Crippen molar-refractivity contribution in [2.75, 3.05) is 0 Å². The molecule has 0 spiro atoms. The van der Waals surface area contributed by atoms with Gasteiger partial charge in [0.1, 0.15) is 17.7 Å². The van der Waals surface area contributed by atoms with Crippen molar-refractivity contribution >= 4 is 28.0 Å². The number of hydrogen-bond donors (Lipinski definition) is 0. The molecule has 0 radical (unpaired) electrons. The van der Waals surface area contributed by atoms with Gasteiger partial charge in [0, 0.05) is 35.1 Å². The molecule has 0 aliphatic carbocycles. The van der Waals surface area contributed by atoms with E-state index in [1.54, 1.807) is 12.1 Å². The molecule has 6 nitrogen and oxygen atoms in total. The molecule has 0 saturated carbocycles. The second-order valence-electron chi connectivity index (χ2n) is 6.20. The van der Waals surface area contributed by atoms with Gasteiger partial charge in [-0.05, 0) is 24.6 Å². The Kier molecular flexibility index (Phi) is 4.46. The molecular weight excluding hydrogens is 346 g/mol. The number of oxazole rings is 1. The zero-order chi connectivity index (χ0) is 18.8. The molecule has 136 valence electrons. The van der Waals surface area contributed by atoms with Crippen LogP contribution in [-0.2, 0) is 16.1 Å². The van der Waals surface area contributed by atoms with Crippen LogP contribution in [0.2, 0.25) is 0 Å². The number of nitrogens with zero attached hydrogens (tertiary/aromatic N) is 1. The molecule has 6 heteroatoms. The first kappa shape index (κ1) is 17.0. The largest absolute Gasteiger partial charge is 0.461 e. The normalized spacial score (nSPS) is 11.1. The molecule has 2 aromatic carbocycles. The van der Waals surface area contributed by atoms with Gasteiger partial charge < -0.3 is 13.6 Å². The predicted octanol–water partition coefficient (Wildman–Crippen LogP) is 4.44. The van der Waals surface area contributed by atoms with Gasteiger partial charge in [-0.15, -0.1) is 0 Å². The Morgan fingerprint density at radius 2 is 1.89 bits per heavy atom. The van der Waals surface area contributed by atoms with Gasteiger partial charge in [-0.25, -0.2) is 9.78 Å². The van der Waals surface area contributed by atoms with E-state index in [2.05, 4.69) is 4.98 Å². The standard InChI is InChI=1S/C21H17NO5/c1-2-6-19(23)25-12-14-9-20(24)26-17-11-18-16(10-15(14)17)22-21(27-18)13-7-4-3-5-8-13/h3-5,7-11H,2,6,12H2,1H3. The molecule has 0 N–H and O–H groups in total. The summed E-state index contributed by atoms with van der Waals surface area (Å²) in [4.78, 5) is 28.1. The van der Waals surface area contributed by atoms with Crippen LogP contribution in [0.5, 0.6) is 0 Å². The van der Waals surface area contributed by atoms with Crippen LogP contribution in [0.1, 0.15) is 25.3 Å². The maximum Gasteiger partial charge on any atom is 0.336 e. The average Bonchev–Trinajstić information content (AvgIpc) is 3.08. The van der Waals surface area contributed by atoms with Crippen LogP contribution >= 0.6 is 0 Å². The van der Waals surface area contributed by atoms with Crippen molar-refractivity contribution in [1.82, 2.24) is 4.98 Å². The van der Waals surface area contributed by atoms with Crippen LogP contribution in [0.4, 0.5) is 0 Å². The quantitative estimate of drug-likeness (QED) is 0.385. The first-order chi connectivity index (χ1) is 13.1. The van der Waals surface area contributed by atoms with E-state index >= 15 is 0 Å². The average molecular weight is 363 g/mol. The Morgan fingerprint density at radius 1 is 1.07 bits per heavy atom. The number of ether oxygens (including phenoxy) is 1. The van der Waals surface area contributed by atoms with E-state index in [1.165, 1.54) is 6.07 Å². The second-order valence-corrected chi connectivity index (χ2v) is 6.20. The molecule has 2 aromatic heterocycles. The lowest BCUT2D eigenvalue weighted by molar-refractivity contribution is -0.144. The minimum atomic E-state index is -0.508. The topological polar surface area (TPSA) is 82.5 Å². The molecular formula is C21H17NO5. The van der Waals surface area contributed by atoms with E-state index in [0.717, 1.165) is 5.56 Å². The molecule has 0 amide bonds. The van der Waals surface area contributed by atoms with Gasteiger partial charge in [-0.2, -0.15) is 0 Å². The Balaban J connectivity index is 1.78. The van der Waals surface area contributed by atoms with Crippen LogP contribution in [0.25, 0.3) is 33.5 Å². The highest BCUT2D eigenvalue weighted by Crippen LogP contribution is 2.29. The molecule has 0 atom stereocenters. The van der Waals surface area contributed by atoms with E-state index in [1.807, 2.05) is 37.3 Å². The summed E-state index contributed by atoms with van der Waals surface area (Å²) in [7, 11) is 0. The fraction of sp³-hybridized carbons (Fsp3) is 0.190. The van der Waals surface area contributed by atoms with Gasteiger partial charge >= 0.3 is 11.6 Å². The van der Waals surface area contributed by atoms with Gasteiger partial charge in [-0.1, -0.05) is 25.1 Å². The maximum atomic E-state index is 11.9. The lowest BCUT2D eigenvalue weighted by Crippen LogP contribution is -2.07. The van der Waals surface area contributed by atoms with Crippen molar-refractivity contribution in [1.29, 1.82) is 0 Å². The minimum Gasteiger partial charge on any atom is -0.461 e. The highest BCUT2D eigenvalue weighted by Gasteiger charge is 2.14. The van der Waals surface area contributed by atoms with Gasteiger partial charge in [0.25, 0.3) is 0 Å². The summed E-state index contributed by atoms with van der Waals surface area (Å²) in [6.45, 7) is 1.91. The van der Waals surface area contributed by atoms with Crippen LogP contribution in [-0.4, -0.2) is 11.0 Å². The van der Waals surface area contributed by atoms with Gasteiger partial charge in [-0.3, -0.25) is 4.79 Å². The number of benzene rings is 2. The molecule has 0 bridgehead atoms. The molecule has 4 aromatic rings. The van der Waals surface area contributed by atoms with Gasteiger partial charge in [0.2, 0.25) is 5.89 Å². The number of fused-ring (bicyclic) bond motifs is 2. The SMILES string of the molecule is CCCC(=O)OCc1cc(=O)oc2cc3oc(-c4ccccc4)nc3cc12. The summed E-state index contributed by atoms with van der Waals surface area (Å²) < 4.78 is 16.4. The first-order valence-electron chi connectivity index (χ1n) is 8.72. The predicted molar refractivity (Wildman–Crippen MR) is 100 cm³/mol. The number of carbonyl (C=O) groups excluding carboxylic acids is 1. The third-order valence-corrected chi connectivity index (χ3v) is 4.20. The molecule has 0 aliphatic heterocycles. The van der Waals surface area contributed by atoms with Crippen molar-refractivity contribution in [3.8, 4) is 11.5 Å². The van der Waals surface area contributed by atoms with E-state index < -0.39 is 5.63 Å². The molecule has 0 aliphatic rings. The fourth-order valence-corrected chi connectivity index (χ4v) is 2.91. The highest BCUT2D eigenvalue weighted by atomic mass is 16.5. The smallest absolute Gasteiger partial charge is 0.336 e. The summed E-state index contributed by atoms with van der Waals surface area (Å²) >= 11 is 0. The van der Waals surface area contributed by atoms with Crippen LogP contribution in [0, 0.1) is 0 Å². The number of esters is 1.